The topological polar surface area (TPSA) is 113 Å². The van der Waals surface area contributed by atoms with Gasteiger partial charge in [-0.1, -0.05) is 17.7 Å². The monoisotopic (exact) mass is 352 g/mol. The highest BCUT2D eigenvalue weighted by Gasteiger charge is 2.16. The number of rotatable bonds is 4. The maximum atomic E-state index is 11.1. The predicted octanol–water partition coefficient (Wildman–Crippen LogP) is 2.02. The zero-order chi connectivity index (χ0) is 15.7. The normalized spacial score (nSPS) is 10.8. The molecule has 0 bridgehead atoms. The van der Waals surface area contributed by atoms with Crippen LogP contribution >= 0.6 is 34.7 Å². The molecule has 4 N–H and O–H groups in total. The summed E-state index contributed by atoms with van der Waals surface area (Å²) >= 11 is 8.76. The molecule has 0 aliphatic carbocycles. The predicted molar refractivity (Wildman–Crippen MR) is 85.4 cm³/mol. The number of hydrogen-bond donors (Lipinski definition) is 2. The van der Waals surface area contributed by atoms with Crippen molar-refractivity contribution in [2.24, 2.45) is 5.73 Å². The molecule has 0 atom stereocenters. The van der Waals surface area contributed by atoms with Crippen molar-refractivity contribution in [3.05, 3.63) is 40.4 Å². The molecule has 3 heterocycles. The van der Waals surface area contributed by atoms with Gasteiger partial charge in [0.25, 0.3) is 0 Å². The Hall–Kier alpha value is -2.10. The van der Waals surface area contributed by atoms with Crippen LogP contribution in [0, 0.1) is 0 Å². The van der Waals surface area contributed by atoms with Crippen LogP contribution in [0.5, 0.6) is 0 Å². The molecule has 0 aliphatic heterocycles. The molecule has 7 nitrogen and oxygen atoms in total. The number of carbonyl (C=O) groups excluding carboxylic acids is 1. The Morgan fingerprint density at radius 3 is 2.86 bits per heavy atom. The third kappa shape index (κ3) is 2.78. The lowest BCUT2D eigenvalue weighted by molar-refractivity contribution is 0.1000. The first-order valence-corrected chi connectivity index (χ1v) is 8.01. The quantitative estimate of drug-likeness (QED) is 0.694. The Kier molecular flexibility index (Phi) is 4.01. The number of pyridine rings is 1. The number of thiophene rings is 1. The number of nitrogen functional groups attached to an aromatic ring is 1. The average Bonchev–Trinajstić information content (AvgIpc) is 3.11. The largest absolute Gasteiger partial charge is 0.366 e. The molecule has 0 radical (unpaired) electrons. The summed E-state index contributed by atoms with van der Waals surface area (Å²) in [4.78, 5) is 16.1. The number of nitrogens with two attached hydrogens (primary N) is 2. The van der Waals surface area contributed by atoms with E-state index < -0.39 is 5.91 Å². The highest BCUT2D eigenvalue weighted by molar-refractivity contribution is 7.99. The summed E-state index contributed by atoms with van der Waals surface area (Å²) in [6.07, 6.45) is 1.36. The Labute approximate surface area is 138 Å². The van der Waals surface area contributed by atoms with E-state index in [-0.39, 0.29) is 5.56 Å². The van der Waals surface area contributed by atoms with Gasteiger partial charge in [-0.05, 0) is 29.3 Å². The van der Waals surface area contributed by atoms with Crippen LogP contribution in [0.3, 0.4) is 0 Å². The van der Waals surface area contributed by atoms with Crippen LogP contribution in [0.15, 0.2) is 40.0 Å². The minimum absolute atomic E-state index is 0.239. The van der Waals surface area contributed by atoms with Crippen LogP contribution in [0.2, 0.25) is 5.02 Å². The number of aromatic nitrogens is 4. The lowest BCUT2D eigenvalue weighted by atomic mass is 10.3. The summed E-state index contributed by atoms with van der Waals surface area (Å²) in [5, 5.41) is 11.2. The molecule has 3 aromatic rings. The van der Waals surface area contributed by atoms with Crippen LogP contribution in [0.25, 0.3) is 10.7 Å². The van der Waals surface area contributed by atoms with E-state index in [9.17, 15) is 4.79 Å². The maximum absolute atomic E-state index is 11.1. The summed E-state index contributed by atoms with van der Waals surface area (Å²) in [5.74, 6) is 5.97. The molecule has 1 amide bonds. The van der Waals surface area contributed by atoms with Crippen LogP contribution in [-0.4, -0.2) is 25.8 Å². The van der Waals surface area contributed by atoms with Gasteiger partial charge in [-0.2, -0.15) is 0 Å². The van der Waals surface area contributed by atoms with Gasteiger partial charge < -0.3 is 11.6 Å². The lowest BCUT2D eigenvalue weighted by Crippen LogP contribution is -2.12. The number of halogens is 1. The Bertz CT molecular complexity index is 832. The average molecular weight is 353 g/mol. The van der Waals surface area contributed by atoms with E-state index in [4.69, 9.17) is 23.2 Å². The molecule has 0 aliphatic rings. The molecule has 0 unspecified atom stereocenters. The lowest BCUT2D eigenvalue weighted by Gasteiger charge is -2.04. The molecule has 0 saturated heterocycles. The molecule has 10 heteroatoms. The van der Waals surface area contributed by atoms with Crippen molar-refractivity contribution in [3.8, 4) is 10.7 Å². The second kappa shape index (κ2) is 5.95. The summed E-state index contributed by atoms with van der Waals surface area (Å²) in [6.45, 7) is 0. The van der Waals surface area contributed by atoms with Crippen molar-refractivity contribution < 1.29 is 4.79 Å². The van der Waals surface area contributed by atoms with Crippen molar-refractivity contribution in [1.82, 2.24) is 19.9 Å². The molecule has 22 heavy (non-hydrogen) atoms. The van der Waals surface area contributed by atoms with E-state index in [0.29, 0.717) is 21.0 Å². The van der Waals surface area contributed by atoms with Gasteiger partial charge in [-0.3, -0.25) is 4.79 Å². The molecule has 112 valence electrons. The number of carbonyl (C=O) groups is 1. The van der Waals surface area contributed by atoms with Crippen molar-refractivity contribution in [1.29, 1.82) is 0 Å². The molecular weight excluding hydrogens is 344 g/mol. The standard InChI is InChI=1S/C12H9ClN6OS2/c13-7-4-6(9(14)20)5-16-11(7)22-12-18-17-10(19(12)15)8-2-1-3-21-8/h1-5H,15H2,(H2,14,20). The van der Waals surface area contributed by atoms with E-state index in [1.165, 1.54) is 28.3 Å². The van der Waals surface area contributed by atoms with Gasteiger partial charge in [-0.15, -0.1) is 21.5 Å². The fourth-order valence-electron chi connectivity index (χ4n) is 1.64. The number of hydrogen-bond acceptors (Lipinski definition) is 7. The van der Waals surface area contributed by atoms with Crippen LogP contribution in [-0.2, 0) is 0 Å². The number of primary amides is 1. The molecule has 0 aromatic carbocycles. The zero-order valence-electron chi connectivity index (χ0n) is 10.9. The highest BCUT2D eigenvalue weighted by Crippen LogP contribution is 2.32. The summed E-state index contributed by atoms with van der Waals surface area (Å²) in [7, 11) is 0. The van der Waals surface area contributed by atoms with Gasteiger partial charge in [0.05, 0.1) is 15.5 Å². The molecule has 0 saturated carbocycles. The van der Waals surface area contributed by atoms with Crippen LogP contribution in [0.4, 0.5) is 0 Å². The fourth-order valence-corrected chi connectivity index (χ4v) is 3.33. The molecule has 3 rings (SSSR count). The van der Waals surface area contributed by atoms with E-state index in [2.05, 4.69) is 15.2 Å². The maximum Gasteiger partial charge on any atom is 0.250 e. The second-order valence-electron chi connectivity index (χ2n) is 4.13. The minimum Gasteiger partial charge on any atom is -0.366 e. The van der Waals surface area contributed by atoms with Crippen molar-refractivity contribution in [2.45, 2.75) is 10.2 Å². The van der Waals surface area contributed by atoms with Crippen LogP contribution < -0.4 is 11.6 Å². The van der Waals surface area contributed by atoms with Gasteiger partial charge in [0.1, 0.15) is 5.03 Å². The SMILES string of the molecule is NC(=O)c1cnc(Sc2nnc(-c3cccs3)n2N)c(Cl)c1. The highest BCUT2D eigenvalue weighted by atomic mass is 35.5. The fraction of sp³-hybridized carbons (Fsp3) is 0. The first-order chi connectivity index (χ1) is 10.6. The summed E-state index contributed by atoms with van der Waals surface area (Å²) in [5.41, 5.74) is 5.42. The first kappa shape index (κ1) is 14.8. The minimum atomic E-state index is -0.590. The van der Waals surface area contributed by atoms with E-state index in [1.54, 1.807) is 0 Å². The first-order valence-electron chi connectivity index (χ1n) is 5.94. The van der Waals surface area contributed by atoms with Gasteiger partial charge >= 0.3 is 0 Å². The second-order valence-corrected chi connectivity index (χ2v) is 6.44. The van der Waals surface area contributed by atoms with Gasteiger partial charge in [0.2, 0.25) is 11.1 Å². The van der Waals surface area contributed by atoms with Crippen molar-refractivity contribution in [2.75, 3.05) is 5.84 Å². The number of nitrogens with zero attached hydrogens (tertiary/aromatic N) is 4. The third-order valence-electron chi connectivity index (χ3n) is 2.69. The van der Waals surface area contributed by atoms with Gasteiger partial charge in [-0.25, -0.2) is 9.66 Å². The third-order valence-corrected chi connectivity index (χ3v) is 4.93. The van der Waals surface area contributed by atoms with Crippen LogP contribution in [0.1, 0.15) is 10.4 Å². The zero-order valence-corrected chi connectivity index (χ0v) is 13.3. The van der Waals surface area contributed by atoms with E-state index in [1.807, 2.05) is 17.5 Å². The summed E-state index contributed by atoms with van der Waals surface area (Å²) in [6, 6.07) is 5.26. The Morgan fingerprint density at radius 1 is 1.41 bits per heavy atom. The van der Waals surface area contributed by atoms with Crippen molar-refractivity contribution in [3.63, 3.8) is 0 Å². The van der Waals surface area contributed by atoms with E-state index >= 15 is 0 Å². The molecule has 3 aromatic heterocycles. The molecular formula is C12H9ClN6OS2. The number of amides is 1. The molecule has 0 fully saturated rings. The Morgan fingerprint density at radius 2 is 2.23 bits per heavy atom. The Balaban J connectivity index is 1.90. The van der Waals surface area contributed by atoms with Gasteiger partial charge in [0, 0.05) is 6.20 Å². The van der Waals surface area contributed by atoms with Gasteiger partial charge in [0.15, 0.2) is 5.82 Å². The van der Waals surface area contributed by atoms with Crippen molar-refractivity contribution >= 4 is 40.6 Å². The summed E-state index contributed by atoms with van der Waals surface area (Å²) < 4.78 is 1.37. The smallest absolute Gasteiger partial charge is 0.250 e. The van der Waals surface area contributed by atoms with E-state index in [0.717, 1.165) is 16.6 Å². The molecule has 0 spiro atoms.